The van der Waals surface area contributed by atoms with Gasteiger partial charge < -0.3 is 18.9 Å². The molecule has 0 radical (unpaired) electrons. The van der Waals surface area contributed by atoms with Crippen LogP contribution in [0.15, 0.2) is 170 Å². The second kappa shape index (κ2) is 62.9. The number of nitrogens with zero attached hydrogens (tertiary/aromatic N) is 1. The molecule has 0 saturated carbocycles. The van der Waals surface area contributed by atoms with E-state index < -0.39 is 26.5 Å². The zero-order chi connectivity index (χ0) is 61.2. The summed E-state index contributed by atoms with van der Waals surface area (Å²) in [6.07, 6.45) is 95.9. The molecule has 0 saturated heterocycles. The molecule has 0 spiro atoms. The van der Waals surface area contributed by atoms with Crippen LogP contribution in [0.2, 0.25) is 0 Å². The molecule has 0 fully saturated rings. The maximum Gasteiger partial charge on any atom is 0.472 e. The minimum absolute atomic E-state index is 0.0117. The van der Waals surface area contributed by atoms with E-state index in [4.69, 9.17) is 18.5 Å². The number of carbonyl (C=O) groups excluding carboxylic acids is 2. The van der Waals surface area contributed by atoms with Crippen LogP contribution in [0.5, 0.6) is 0 Å². The highest BCUT2D eigenvalue weighted by molar-refractivity contribution is 7.47. The third-order valence-corrected chi connectivity index (χ3v) is 14.2. The van der Waals surface area contributed by atoms with Crippen molar-refractivity contribution in [2.24, 2.45) is 0 Å². The Morgan fingerprint density at radius 1 is 0.369 bits per heavy atom. The van der Waals surface area contributed by atoms with Crippen LogP contribution in [0.4, 0.5) is 0 Å². The first-order valence-corrected chi connectivity index (χ1v) is 34.4. The molecule has 10 heteroatoms. The van der Waals surface area contributed by atoms with E-state index in [1.807, 2.05) is 27.2 Å². The summed E-state index contributed by atoms with van der Waals surface area (Å²) in [5, 5.41) is 0. The third kappa shape index (κ3) is 66.5. The van der Waals surface area contributed by atoms with Crippen LogP contribution >= 0.6 is 7.82 Å². The summed E-state index contributed by atoms with van der Waals surface area (Å²) < 4.78 is 34.6. The van der Waals surface area contributed by atoms with Crippen LogP contribution < -0.4 is 0 Å². The number of hydrogen-bond acceptors (Lipinski definition) is 7. The van der Waals surface area contributed by atoms with Gasteiger partial charge in [-0.2, -0.15) is 0 Å². The van der Waals surface area contributed by atoms with Gasteiger partial charge in [0.2, 0.25) is 0 Å². The Bertz CT molecular complexity index is 2020. The van der Waals surface area contributed by atoms with Gasteiger partial charge in [0.1, 0.15) is 19.8 Å². The Kier molecular flexibility index (Phi) is 59.4. The van der Waals surface area contributed by atoms with Crippen molar-refractivity contribution in [3.63, 3.8) is 0 Å². The zero-order valence-electron chi connectivity index (χ0n) is 53.8. The topological polar surface area (TPSA) is 108 Å². The summed E-state index contributed by atoms with van der Waals surface area (Å²) in [6, 6.07) is 0. The number of rotatable bonds is 58. The number of hydrogen-bond donors (Lipinski definition) is 1. The van der Waals surface area contributed by atoms with Crippen molar-refractivity contribution in [2.75, 3.05) is 47.5 Å². The fraction of sp³-hybridized carbons (Fsp3) is 0.595. The lowest BCUT2D eigenvalue weighted by atomic mass is 10.0. The van der Waals surface area contributed by atoms with Gasteiger partial charge in [0.05, 0.1) is 27.7 Å². The predicted molar refractivity (Wildman–Crippen MR) is 362 cm³/mol. The molecule has 0 aromatic rings. The van der Waals surface area contributed by atoms with Crippen molar-refractivity contribution >= 4 is 19.8 Å². The van der Waals surface area contributed by atoms with Crippen LogP contribution in [0.1, 0.15) is 232 Å². The summed E-state index contributed by atoms with van der Waals surface area (Å²) in [7, 11) is 1.42. The molecular formula is C74H121NO8P+. The van der Waals surface area contributed by atoms with E-state index in [0.29, 0.717) is 23.9 Å². The average molecular weight is 1180 g/mol. The Hall–Kier alpha value is -4.63. The van der Waals surface area contributed by atoms with Gasteiger partial charge in [0, 0.05) is 12.8 Å². The van der Waals surface area contributed by atoms with Crippen molar-refractivity contribution in [2.45, 2.75) is 238 Å². The number of phosphoric acid groups is 1. The highest BCUT2D eigenvalue weighted by Crippen LogP contribution is 2.43. The second-order valence-corrected chi connectivity index (χ2v) is 23.8. The van der Waals surface area contributed by atoms with Crippen molar-refractivity contribution in [1.29, 1.82) is 0 Å². The number of esters is 2. The van der Waals surface area contributed by atoms with Gasteiger partial charge in [0.25, 0.3) is 0 Å². The van der Waals surface area contributed by atoms with Crippen molar-refractivity contribution < 1.29 is 42.1 Å². The minimum Gasteiger partial charge on any atom is -0.462 e. The molecule has 0 aromatic carbocycles. The monoisotopic (exact) mass is 1180 g/mol. The summed E-state index contributed by atoms with van der Waals surface area (Å²) >= 11 is 0. The fourth-order valence-electron chi connectivity index (χ4n) is 8.28. The Labute approximate surface area is 515 Å². The number of likely N-dealkylation sites (N-methyl/N-ethyl adjacent to an activating group) is 1. The SMILES string of the molecule is CC/C=C\C/C=C\C/C=C\C/C=C\C/C=C\C/C=C\C/C=C\C/C=C\C/C=C\CCCC(=O)OC(COC(=O)CCCCCCCCCCCCCCCCC/C=C\C/C=C\C/C=C\C/C=C\C/C=C\CC)COP(=O)(O)OCC[N+](C)(C)C. The fourth-order valence-corrected chi connectivity index (χ4v) is 9.02. The average Bonchev–Trinajstić information content (AvgIpc) is 3.61. The lowest BCUT2D eigenvalue weighted by Crippen LogP contribution is -2.37. The van der Waals surface area contributed by atoms with Crippen LogP contribution in [-0.4, -0.2) is 74.9 Å². The molecule has 0 rings (SSSR count). The van der Waals surface area contributed by atoms with Crippen molar-refractivity contribution in [3.05, 3.63) is 170 Å². The highest BCUT2D eigenvalue weighted by Gasteiger charge is 2.27. The largest absolute Gasteiger partial charge is 0.472 e. The van der Waals surface area contributed by atoms with E-state index in [9.17, 15) is 19.0 Å². The molecule has 0 bridgehead atoms. The van der Waals surface area contributed by atoms with Gasteiger partial charge in [-0.1, -0.05) is 267 Å². The van der Waals surface area contributed by atoms with E-state index in [2.05, 4.69) is 178 Å². The van der Waals surface area contributed by atoms with Gasteiger partial charge >= 0.3 is 19.8 Å². The van der Waals surface area contributed by atoms with Gasteiger partial charge in [-0.05, 0) is 122 Å². The molecule has 9 nitrogen and oxygen atoms in total. The lowest BCUT2D eigenvalue weighted by molar-refractivity contribution is -0.870. The Morgan fingerprint density at radius 2 is 0.655 bits per heavy atom. The summed E-state index contributed by atoms with van der Waals surface area (Å²) in [5.74, 6) is -0.877. The van der Waals surface area contributed by atoms with Gasteiger partial charge in [0.15, 0.2) is 6.10 Å². The standard InChI is InChI=1S/C74H120NO8P/c1-6-8-10-12-14-16-18-20-22-24-26-28-30-32-34-36-37-39-40-42-44-46-48-50-52-54-56-58-60-62-64-66-73(76)80-70-72(71-82-84(78,79)81-69-68-75(3,4)5)83-74(77)67-65-63-61-59-57-55-53-51-49-47-45-43-41-38-35-33-31-29-27-25-23-21-19-17-15-13-11-9-7-2/h8-11,14-17,20-23,26-29,32-35,41,43,47,49,53,55,59,61,72H,6-7,12-13,18-19,24-25,30-31,36-40,42,44-46,48,50-52,54,56-58,60,62-71H2,1-5H3/p+1/b10-8-,11-9-,16-14-,17-15-,22-20-,23-21-,28-26-,29-27-,34-32-,35-33-,43-41-,49-47-,55-53-,61-59-. The van der Waals surface area contributed by atoms with Gasteiger partial charge in [-0.25, -0.2) is 4.57 Å². The molecule has 0 aliphatic carbocycles. The third-order valence-electron chi connectivity index (χ3n) is 13.2. The quantitative estimate of drug-likeness (QED) is 0.0211. The molecule has 0 aromatic heterocycles. The molecule has 0 amide bonds. The summed E-state index contributed by atoms with van der Waals surface area (Å²) in [4.78, 5) is 35.8. The van der Waals surface area contributed by atoms with E-state index >= 15 is 0 Å². The number of unbranched alkanes of at least 4 members (excludes halogenated alkanes) is 16. The maximum absolute atomic E-state index is 12.8. The molecule has 474 valence electrons. The van der Waals surface area contributed by atoms with Crippen LogP contribution in [0, 0.1) is 0 Å². The smallest absolute Gasteiger partial charge is 0.462 e. The first-order valence-electron chi connectivity index (χ1n) is 32.9. The summed E-state index contributed by atoms with van der Waals surface area (Å²) in [5.41, 5.74) is 0. The van der Waals surface area contributed by atoms with Crippen LogP contribution in [-0.2, 0) is 32.7 Å². The second-order valence-electron chi connectivity index (χ2n) is 22.4. The normalized spacial score (nSPS) is 14.3. The predicted octanol–water partition coefficient (Wildman–Crippen LogP) is 21.4. The first-order chi connectivity index (χ1) is 41.0. The molecule has 2 unspecified atom stereocenters. The zero-order valence-corrected chi connectivity index (χ0v) is 54.7. The number of quaternary nitrogens is 1. The molecule has 84 heavy (non-hydrogen) atoms. The van der Waals surface area contributed by atoms with Gasteiger partial charge in [-0.15, -0.1) is 0 Å². The molecule has 0 aliphatic heterocycles. The van der Waals surface area contributed by atoms with Crippen LogP contribution in [0.25, 0.3) is 0 Å². The van der Waals surface area contributed by atoms with Crippen LogP contribution in [0.3, 0.4) is 0 Å². The summed E-state index contributed by atoms with van der Waals surface area (Å²) in [6.45, 7) is 4.12. The minimum atomic E-state index is -4.42. The molecule has 2 atom stereocenters. The lowest BCUT2D eigenvalue weighted by Gasteiger charge is -2.24. The van der Waals surface area contributed by atoms with E-state index in [-0.39, 0.29) is 32.0 Å². The maximum atomic E-state index is 12.8. The van der Waals surface area contributed by atoms with Crippen molar-refractivity contribution in [1.82, 2.24) is 0 Å². The van der Waals surface area contributed by atoms with E-state index in [1.165, 1.54) is 83.5 Å². The van der Waals surface area contributed by atoms with E-state index in [1.54, 1.807) is 0 Å². The van der Waals surface area contributed by atoms with Crippen molar-refractivity contribution in [3.8, 4) is 0 Å². The number of allylic oxidation sites excluding steroid dienone is 28. The van der Waals surface area contributed by atoms with Gasteiger partial charge in [-0.3, -0.25) is 18.6 Å². The van der Waals surface area contributed by atoms with E-state index in [0.717, 1.165) is 109 Å². The Balaban J connectivity index is 4.22. The molecule has 1 N–H and O–H groups in total. The number of carbonyl (C=O) groups is 2. The molecular weight excluding hydrogens is 1060 g/mol. The molecule has 0 heterocycles. The highest BCUT2D eigenvalue weighted by atomic mass is 31.2. The number of phosphoric ester groups is 1. The Morgan fingerprint density at radius 3 is 0.988 bits per heavy atom. The molecule has 0 aliphatic rings. The number of ether oxygens (including phenoxy) is 2. The first kappa shape index (κ1) is 79.4.